The zero-order valence-electron chi connectivity index (χ0n) is 10.9. The van der Waals surface area contributed by atoms with E-state index in [2.05, 4.69) is 10.6 Å². The second kappa shape index (κ2) is 6.67. The molecule has 0 unspecified atom stereocenters. The maximum atomic E-state index is 11.8. The topological polar surface area (TPSA) is 84.3 Å². The number of benzene rings is 1. The van der Waals surface area contributed by atoms with E-state index in [9.17, 15) is 14.9 Å². The van der Waals surface area contributed by atoms with Crippen LogP contribution in [0.5, 0.6) is 0 Å². The first-order valence-electron chi connectivity index (χ1n) is 6.53. The second-order valence-electron chi connectivity index (χ2n) is 4.83. The van der Waals surface area contributed by atoms with Crippen LogP contribution in [0.1, 0.15) is 25.7 Å². The lowest BCUT2D eigenvalue weighted by Gasteiger charge is -2.12. The summed E-state index contributed by atoms with van der Waals surface area (Å²) in [6, 6.07) is 4.38. The third kappa shape index (κ3) is 3.91. The van der Waals surface area contributed by atoms with Gasteiger partial charge in [0.1, 0.15) is 0 Å². The van der Waals surface area contributed by atoms with Gasteiger partial charge in [-0.3, -0.25) is 14.9 Å². The summed E-state index contributed by atoms with van der Waals surface area (Å²) in [5.41, 5.74) is 0.285. The molecule has 1 aromatic rings. The van der Waals surface area contributed by atoms with E-state index >= 15 is 0 Å². The van der Waals surface area contributed by atoms with Gasteiger partial charge in [0.15, 0.2) is 0 Å². The Morgan fingerprint density at radius 2 is 2.10 bits per heavy atom. The largest absolute Gasteiger partial charge is 0.324 e. The molecule has 1 amide bonds. The number of nitro benzene ring substituents is 1. The number of amides is 1. The molecule has 108 valence electrons. The number of hydrogen-bond acceptors (Lipinski definition) is 4. The molecule has 7 heteroatoms. The van der Waals surface area contributed by atoms with Gasteiger partial charge in [-0.05, 0) is 18.9 Å². The van der Waals surface area contributed by atoms with Crippen LogP contribution >= 0.6 is 11.6 Å². The number of nitrogens with zero attached hydrogens (tertiary/aromatic N) is 1. The zero-order chi connectivity index (χ0) is 14.5. The van der Waals surface area contributed by atoms with E-state index in [1.807, 2.05) is 0 Å². The lowest BCUT2D eigenvalue weighted by molar-refractivity contribution is -0.384. The van der Waals surface area contributed by atoms with Gasteiger partial charge < -0.3 is 10.6 Å². The summed E-state index contributed by atoms with van der Waals surface area (Å²) in [5.74, 6) is -0.201. The van der Waals surface area contributed by atoms with Gasteiger partial charge in [0.25, 0.3) is 5.69 Å². The van der Waals surface area contributed by atoms with Crippen LogP contribution in [0, 0.1) is 10.1 Å². The molecule has 0 heterocycles. The van der Waals surface area contributed by atoms with Crippen molar-refractivity contribution in [2.24, 2.45) is 0 Å². The number of hydrogen-bond donors (Lipinski definition) is 2. The van der Waals surface area contributed by atoms with Crippen LogP contribution < -0.4 is 10.6 Å². The first-order chi connectivity index (χ1) is 9.56. The molecule has 0 aliphatic heterocycles. The van der Waals surface area contributed by atoms with Crippen LogP contribution in [-0.2, 0) is 4.79 Å². The molecule has 0 bridgehead atoms. The lowest BCUT2D eigenvalue weighted by atomic mass is 10.2. The van der Waals surface area contributed by atoms with Crippen molar-refractivity contribution in [1.82, 2.24) is 5.32 Å². The Morgan fingerprint density at radius 3 is 2.70 bits per heavy atom. The standard InChI is InChI=1S/C13H16ClN3O3/c14-11-7-10(17(19)20)5-6-12(11)16-13(18)8-15-9-3-1-2-4-9/h5-7,9,15H,1-4,8H2,(H,16,18). The fourth-order valence-corrected chi connectivity index (χ4v) is 2.50. The van der Waals surface area contributed by atoms with Crippen LogP contribution in [0.3, 0.4) is 0 Å². The molecule has 2 N–H and O–H groups in total. The Kier molecular flexibility index (Phi) is 4.92. The summed E-state index contributed by atoms with van der Waals surface area (Å²) in [7, 11) is 0. The minimum atomic E-state index is -0.529. The Morgan fingerprint density at radius 1 is 1.40 bits per heavy atom. The number of nitrogens with one attached hydrogen (secondary N) is 2. The minimum absolute atomic E-state index is 0.0999. The molecule has 0 saturated heterocycles. The molecule has 0 spiro atoms. The van der Waals surface area contributed by atoms with Crippen molar-refractivity contribution in [2.45, 2.75) is 31.7 Å². The highest BCUT2D eigenvalue weighted by Gasteiger charge is 2.16. The van der Waals surface area contributed by atoms with Gasteiger partial charge in [-0.2, -0.15) is 0 Å². The SMILES string of the molecule is O=C(CNC1CCCC1)Nc1ccc([N+](=O)[O-])cc1Cl. The van der Waals surface area contributed by atoms with Gasteiger partial charge in [-0.25, -0.2) is 0 Å². The molecule has 1 aromatic carbocycles. The Labute approximate surface area is 121 Å². The van der Waals surface area contributed by atoms with Crippen molar-refractivity contribution >= 4 is 28.9 Å². The smallest absolute Gasteiger partial charge is 0.271 e. The van der Waals surface area contributed by atoms with Gasteiger partial charge >= 0.3 is 0 Å². The summed E-state index contributed by atoms with van der Waals surface area (Å²) in [4.78, 5) is 21.8. The number of nitro groups is 1. The molecule has 1 saturated carbocycles. The summed E-state index contributed by atoms with van der Waals surface area (Å²) < 4.78 is 0. The average Bonchev–Trinajstić information content (AvgIpc) is 2.91. The molecular weight excluding hydrogens is 282 g/mol. The van der Waals surface area contributed by atoms with Crippen LogP contribution in [0.15, 0.2) is 18.2 Å². The number of carbonyl (C=O) groups excluding carboxylic acids is 1. The van der Waals surface area contributed by atoms with Gasteiger partial charge in [-0.15, -0.1) is 0 Å². The van der Waals surface area contributed by atoms with Crippen molar-refractivity contribution < 1.29 is 9.72 Å². The van der Waals surface area contributed by atoms with Crippen molar-refractivity contribution in [3.63, 3.8) is 0 Å². The molecule has 2 rings (SSSR count). The molecule has 0 atom stereocenters. The number of non-ortho nitro benzene ring substituents is 1. The molecule has 20 heavy (non-hydrogen) atoms. The first kappa shape index (κ1) is 14.7. The molecule has 6 nitrogen and oxygen atoms in total. The Balaban J connectivity index is 1.88. The summed E-state index contributed by atoms with van der Waals surface area (Å²) >= 11 is 5.91. The lowest BCUT2D eigenvalue weighted by Crippen LogP contribution is -2.34. The molecular formula is C13H16ClN3O3. The van der Waals surface area contributed by atoms with E-state index < -0.39 is 4.92 Å². The highest BCUT2D eigenvalue weighted by Crippen LogP contribution is 2.26. The van der Waals surface area contributed by atoms with Crippen molar-refractivity contribution in [1.29, 1.82) is 0 Å². The fourth-order valence-electron chi connectivity index (χ4n) is 2.28. The normalized spacial score (nSPS) is 15.2. The monoisotopic (exact) mass is 297 g/mol. The predicted molar refractivity (Wildman–Crippen MR) is 77.0 cm³/mol. The third-order valence-corrected chi connectivity index (χ3v) is 3.66. The molecule has 1 fully saturated rings. The van der Waals surface area contributed by atoms with E-state index in [-0.39, 0.29) is 23.2 Å². The third-order valence-electron chi connectivity index (χ3n) is 3.34. The molecule has 1 aliphatic rings. The van der Waals surface area contributed by atoms with E-state index in [1.165, 1.54) is 31.0 Å². The van der Waals surface area contributed by atoms with E-state index in [1.54, 1.807) is 0 Å². The van der Waals surface area contributed by atoms with Crippen molar-refractivity contribution in [3.05, 3.63) is 33.3 Å². The maximum absolute atomic E-state index is 11.8. The summed E-state index contributed by atoms with van der Waals surface area (Å²) in [6.07, 6.45) is 4.61. The highest BCUT2D eigenvalue weighted by atomic mass is 35.5. The number of carbonyl (C=O) groups is 1. The van der Waals surface area contributed by atoms with Crippen LogP contribution in [0.2, 0.25) is 5.02 Å². The molecule has 1 aliphatic carbocycles. The average molecular weight is 298 g/mol. The maximum Gasteiger partial charge on any atom is 0.271 e. The van der Waals surface area contributed by atoms with Crippen molar-refractivity contribution in [3.8, 4) is 0 Å². The summed E-state index contributed by atoms with van der Waals surface area (Å²) in [5, 5.41) is 16.6. The van der Waals surface area contributed by atoms with E-state index in [4.69, 9.17) is 11.6 Å². The van der Waals surface area contributed by atoms with Gasteiger partial charge in [-0.1, -0.05) is 24.4 Å². The second-order valence-corrected chi connectivity index (χ2v) is 5.24. The van der Waals surface area contributed by atoms with Gasteiger partial charge in [0.2, 0.25) is 5.91 Å². The minimum Gasteiger partial charge on any atom is -0.324 e. The number of halogens is 1. The molecule has 0 radical (unpaired) electrons. The predicted octanol–water partition coefficient (Wildman–Crippen LogP) is 2.72. The fraction of sp³-hybridized carbons (Fsp3) is 0.462. The van der Waals surface area contributed by atoms with Crippen LogP contribution in [0.25, 0.3) is 0 Å². The Bertz CT molecular complexity index is 516. The number of rotatable bonds is 5. The highest BCUT2D eigenvalue weighted by molar-refractivity contribution is 6.34. The Hall–Kier alpha value is -1.66. The van der Waals surface area contributed by atoms with E-state index in [0.717, 1.165) is 12.8 Å². The van der Waals surface area contributed by atoms with Crippen LogP contribution in [0.4, 0.5) is 11.4 Å². The first-order valence-corrected chi connectivity index (χ1v) is 6.91. The number of anilines is 1. The van der Waals surface area contributed by atoms with Crippen molar-refractivity contribution in [2.75, 3.05) is 11.9 Å². The van der Waals surface area contributed by atoms with Gasteiger partial charge in [0.05, 0.1) is 22.2 Å². The zero-order valence-corrected chi connectivity index (χ0v) is 11.7. The quantitative estimate of drug-likeness (QED) is 0.646. The summed E-state index contributed by atoms with van der Waals surface area (Å²) in [6.45, 7) is 0.220. The van der Waals surface area contributed by atoms with Gasteiger partial charge in [0, 0.05) is 18.2 Å². The van der Waals surface area contributed by atoms with Crippen LogP contribution in [-0.4, -0.2) is 23.4 Å². The van der Waals surface area contributed by atoms with E-state index in [0.29, 0.717) is 11.7 Å². The molecule has 0 aromatic heterocycles.